The van der Waals surface area contributed by atoms with E-state index >= 15 is 0 Å². The fourth-order valence-electron chi connectivity index (χ4n) is 4.81. The average molecular weight is 485 g/mol. The topological polar surface area (TPSA) is 83.1 Å². The zero-order chi connectivity index (χ0) is 24.0. The lowest BCUT2D eigenvalue weighted by atomic mass is 10.1. The van der Waals surface area contributed by atoms with Crippen molar-refractivity contribution < 1.29 is 18.7 Å². The molecular formula is C25H33FN6O3. The van der Waals surface area contributed by atoms with Gasteiger partial charge in [0.2, 0.25) is 0 Å². The van der Waals surface area contributed by atoms with Crippen LogP contribution in [0.1, 0.15) is 23.2 Å². The molecule has 1 aromatic carbocycles. The standard InChI is InChI=1S/C25H33FN6O3/c26-20-7-9-30(17-20)14-15-34-24-28-22-16-27-8-6-21(22)23(29-24)31-10-12-32(13-11-31)25(33)35-18-19-4-2-1-3-5-19/h1-5,20,27H,6-18H2. The molecule has 0 bridgehead atoms. The summed E-state index contributed by atoms with van der Waals surface area (Å²) in [6.07, 6.45) is 0.429. The molecule has 1 atom stereocenters. The number of benzene rings is 1. The number of ether oxygens (including phenoxy) is 2. The van der Waals surface area contributed by atoms with E-state index in [0.717, 1.165) is 42.1 Å². The molecule has 3 aliphatic rings. The van der Waals surface area contributed by atoms with Gasteiger partial charge >= 0.3 is 12.1 Å². The van der Waals surface area contributed by atoms with Crippen LogP contribution in [0.15, 0.2) is 30.3 Å². The number of nitrogens with zero attached hydrogens (tertiary/aromatic N) is 5. The maximum atomic E-state index is 13.4. The van der Waals surface area contributed by atoms with Crippen LogP contribution < -0.4 is 15.0 Å². The van der Waals surface area contributed by atoms with Gasteiger partial charge in [-0.2, -0.15) is 9.97 Å². The number of anilines is 1. The van der Waals surface area contributed by atoms with E-state index in [1.54, 1.807) is 4.90 Å². The van der Waals surface area contributed by atoms with Crippen LogP contribution in [0.2, 0.25) is 0 Å². The minimum atomic E-state index is -0.734. The van der Waals surface area contributed by atoms with Crippen LogP contribution in [0.25, 0.3) is 0 Å². The van der Waals surface area contributed by atoms with Gasteiger partial charge in [0, 0.05) is 57.9 Å². The molecule has 0 aliphatic carbocycles. The molecule has 1 amide bonds. The van der Waals surface area contributed by atoms with E-state index in [2.05, 4.69) is 20.1 Å². The molecule has 0 spiro atoms. The van der Waals surface area contributed by atoms with Gasteiger partial charge in [-0.3, -0.25) is 4.90 Å². The molecule has 188 valence electrons. The summed E-state index contributed by atoms with van der Waals surface area (Å²) in [5.74, 6) is 0.897. The third kappa shape index (κ3) is 5.99. The lowest BCUT2D eigenvalue weighted by Crippen LogP contribution is -2.49. The van der Waals surface area contributed by atoms with Crippen LogP contribution in [0, 0.1) is 0 Å². The average Bonchev–Trinajstić information content (AvgIpc) is 3.32. The quantitative estimate of drug-likeness (QED) is 0.639. The second-order valence-electron chi connectivity index (χ2n) is 9.23. The predicted molar refractivity (Wildman–Crippen MR) is 129 cm³/mol. The van der Waals surface area contributed by atoms with Gasteiger partial charge in [-0.25, -0.2) is 9.18 Å². The number of hydrogen-bond donors (Lipinski definition) is 1. The molecule has 5 rings (SSSR count). The minimum Gasteiger partial charge on any atom is -0.462 e. The van der Waals surface area contributed by atoms with Crippen LogP contribution in [0.4, 0.5) is 15.0 Å². The number of alkyl halides is 1. The Morgan fingerprint density at radius 2 is 1.94 bits per heavy atom. The Labute approximate surface area is 205 Å². The molecule has 2 saturated heterocycles. The summed E-state index contributed by atoms with van der Waals surface area (Å²) < 4.78 is 24.8. The largest absolute Gasteiger partial charge is 0.462 e. The molecule has 35 heavy (non-hydrogen) atoms. The molecule has 1 N–H and O–H groups in total. The van der Waals surface area contributed by atoms with Crippen LogP contribution in [0.5, 0.6) is 6.01 Å². The highest BCUT2D eigenvalue weighted by Gasteiger charge is 2.28. The molecule has 1 aromatic heterocycles. The number of carbonyl (C=O) groups is 1. The Morgan fingerprint density at radius 1 is 1.11 bits per heavy atom. The maximum absolute atomic E-state index is 13.4. The predicted octanol–water partition coefficient (Wildman–Crippen LogP) is 2.00. The fraction of sp³-hybridized carbons (Fsp3) is 0.560. The summed E-state index contributed by atoms with van der Waals surface area (Å²) in [5, 5.41) is 3.37. The van der Waals surface area contributed by atoms with Crippen molar-refractivity contribution in [1.82, 2.24) is 25.1 Å². The molecule has 0 saturated carbocycles. The summed E-state index contributed by atoms with van der Waals surface area (Å²) >= 11 is 0. The number of likely N-dealkylation sites (tertiary alicyclic amines) is 1. The van der Waals surface area contributed by atoms with Gasteiger partial charge in [-0.05, 0) is 24.9 Å². The van der Waals surface area contributed by atoms with E-state index in [-0.39, 0.29) is 12.7 Å². The fourth-order valence-corrected chi connectivity index (χ4v) is 4.81. The molecule has 3 aliphatic heterocycles. The molecule has 1 unspecified atom stereocenters. The number of halogens is 1. The molecule has 2 aromatic rings. The summed E-state index contributed by atoms with van der Waals surface area (Å²) in [4.78, 5) is 28.0. The highest BCUT2D eigenvalue weighted by molar-refractivity contribution is 5.68. The normalized spacial score (nSPS) is 20.5. The van der Waals surface area contributed by atoms with Gasteiger partial charge in [-0.1, -0.05) is 30.3 Å². The zero-order valence-corrected chi connectivity index (χ0v) is 20.0. The van der Waals surface area contributed by atoms with Crippen molar-refractivity contribution in [3.05, 3.63) is 47.2 Å². The van der Waals surface area contributed by atoms with Crippen molar-refractivity contribution >= 4 is 11.9 Å². The van der Waals surface area contributed by atoms with E-state index in [1.165, 1.54) is 0 Å². The third-order valence-corrected chi connectivity index (χ3v) is 6.79. The number of amides is 1. The first-order chi connectivity index (χ1) is 17.2. The van der Waals surface area contributed by atoms with Gasteiger partial charge < -0.3 is 24.6 Å². The number of fused-ring (bicyclic) bond motifs is 1. The van der Waals surface area contributed by atoms with Gasteiger partial charge in [0.1, 0.15) is 25.2 Å². The molecule has 4 heterocycles. The number of aromatic nitrogens is 2. The second kappa shape index (κ2) is 11.2. The zero-order valence-electron chi connectivity index (χ0n) is 20.0. The molecular weight excluding hydrogens is 451 g/mol. The first-order valence-corrected chi connectivity index (χ1v) is 12.5. The summed E-state index contributed by atoms with van der Waals surface area (Å²) in [6.45, 7) is 6.65. The van der Waals surface area contributed by atoms with Crippen molar-refractivity contribution in [2.24, 2.45) is 0 Å². The van der Waals surface area contributed by atoms with Crippen molar-refractivity contribution in [3.63, 3.8) is 0 Å². The third-order valence-electron chi connectivity index (χ3n) is 6.79. The van der Waals surface area contributed by atoms with Gasteiger partial charge in [0.15, 0.2) is 0 Å². The highest BCUT2D eigenvalue weighted by atomic mass is 19.1. The van der Waals surface area contributed by atoms with Crippen molar-refractivity contribution in [2.75, 3.05) is 63.9 Å². The van der Waals surface area contributed by atoms with Crippen LogP contribution in [0.3, 0.4) is 0 Å². The van der Waals surface area contributed by atoms with Gasteiger partial charge in [-0.15, -0.1) is 0 Å². The Hall–Kier alpha value is -2.98. The van der Waals surface area contributed by atoms with Gasteiger partial charge in [0.05, 0.1) is 5.69 Å². The highest BCUT2D eigenvalue weighted by Crippen LogP contribution is 2.27. The molecule has 0 radical (unpaired) electrons. The number of rotatable bonds is 7. The van der Waals surface area contributed by atoms with Crippen LogP contribution >= 0.6 is 0 Å². The number of hydrogen-bond acceptors (Lipinski definition) is 8. The summed E-state index contributed by atoms with van der Waals surface area (Å²) in [7, 11) is 0. The summed E-state index contributed by atoms with van der Waals surface area (Å²) in [5.41, 5.74) is 3.09. The monoisotopic (exact) mass is 484 g/mol. The molecule has 10 heteroatoms. The Bertz CT molecular complexity index is 1000. The Morgan fingerprint density at radius 3 is 2.71 bits per heavy atom. The Balaban J connectivity index is 1.18. The lowest BCUT2D eigenvalue weighted by Gasteiger charge is -2.36. The van der Waals surface area contributed by atoms with E-state index in [4.69, 9.17) is 14.5 Å². The van der Waals surface area contributed by atoms with Crippen LogP contribution in [-0.4, -0.2) is 91.0 Å². The first kappa shape index (κ1) is 23.7. The van der Waals surface area contributed by atoms with E-state index in [9.17, 15) is 9.18 Å². The number of piperazine rings is 1. The van der Waals surface area contributed by atoms with Crippen molar-refractivity contribution in [3.8, 4) is 6.01 Å². The first-order valence-electron chi connectivity index (χ1n) is 12.5. The lowest BCUT2D eigenvalue weighted by molar-refractivity contribution is 0.0941. The number of carbonyl (C=O) groups excluding carboxylic acids is 1. The van der Waals surface area contributed by atoms with Crippen molar-refractivity contribution in [2.45, 2.75) is 32.2 Å². The van der Waals surface area contributed by atoms with E-state index < -0.39 is 6.17 Å². The van der Waals surface area contributed by atoms with Crippen LogP contribution in [-0.2, 0) is 24.3 Å². The van der Waals surface area contributed by atoms with Crippen molar-refractivity contribution in [1.29, 1.82) is 0 Å². The molecule has 9 nitrogen and oxygen atoms in total. The smallest absolute Gasteiger partial charge is 0.410 e. The SMILES string of the molecule is O=C(OCc1ccccc1)N1CCN(c2nc(OCCN3CCC(F)C3)nc3c2CCNC3)CC1. The second-order valence-corrected chi connectivity index (χ2v) is 9.23. The molecule has 2 fully saturated rings. The maximum Gasteiger partial charge on any atom is 0.410 e. The minimum absolute atomic E-state index is 0.274. The van der Waals surface area contributed by atoms with E-state index in [1.807, 2.05) is 30.3 Å². The Kier molecular flexibility index (Phi) is 7.58. The van der Waals surface area contributed by atoms with E-state index in [0.29, 0.717) is 64.9 Å². The summed E-state index contributed by atoms with van der Waals surface area (Å²) in [6, 6.07) is 10.1. The van der Waals surface area contributed by atoms with Gasteiger partial charge in [0.25, 0.3) is 0 Å². The number of nitrogens with one attached hydrogen (secondary N) is 1.